The number of carbonyl (C=O) groups is 1. The highest BCUT2D eigenvalue weighted by molar-refractivity contribution is 7.92. The zero-order valence-electron chi connectivity index (χ0n) is 17.2. The fourth-order valence-corrected chi connectivity index (χ4v) is 4.33. The molecular formula is C23H23ClN2O4S. The third-order valence-electron chi connectivity index (χ3n) is 4.80. The maximum absolute atomic E-state index is 13.0. The molecule has 0 heterocycles. The molecule has 0 saturated heterocycles. The van der Waals surface area contributed by atoms with Gasteiger partial charge in [-0.1, -0.05) is 29.8 Å². The molecule has 0 aromatic heterocycles. The van der Waals surface area contributed by atoms with Gasteiger partial charge in [0, 0.05) is 24.2 Å². The molecule has 3 aromatic rings. The summed E-state index contributed by atoms with van der Waals surface area (Å²) in [5.74, 6) is 0.296. The Morgan fingerprint density at radius 2 is 1.71 bits per heavy atom. The summed E-state index contributed by atoms with van der Waals surface area (Å²) in [6, 6.07) is 20.1. The molecule has 0 aliphatic carbocycles. The first-order chi connectivity index (χ1) is 14.8. The lowest BCUT2D eigenvalue weighted by atomic mass is 10.1. The SMILES string of the molecule is COc1ccc(N(C)S(=O)(=O)c2cccc(C(=O)NCCc3ccc(Cl)cc3)c2)cc1. The van der Waals surface area contributed by atoms with Gasteiger partial charge in [0.1, 0.15) is 5.75 Å². The lowest BCUT2D eigenvalue weighted by Crippen LogP contribution is -2.28. The summed E-state index contributed by atoms with van der Waals surface area (Å²) in [6.07, 6.45) is 0.640. The van der Waals surface area contributed by atoms with E-state index in [4.69, 9.17) is 16.3 Å². The van der Waals surface area contributed by atoms with Crippen LogP contribution in [0.15, 0.2) is 77.7 Å². The molecule has 0 aliphatic rings. The van der Waals surface area contributed by atoms with Crippen LogP contribution in [-0.2, 0) is 16.4 Å². The summed E-state index contributed by atoms with van der Waals surface area (Å²) in [5, 5.41) is 3.48. The van der Waals surface area contributed by atoms with Crippen LogP contribution in [0.25, 0.3) is 0 Å². The molecule has 0 fully saturated rings. The summed E-state index contributed by atoms with van der Waals surface area (Å²) >= 11 is 5.87. The van der Waals surface area contributed by atoms with Crippen LogP contribution in [0.2, 0.25) is 5.02 Å². The van der Waals surface area contributed by atoms with E-state index < -0.39 is 10.0 Å². The summed E-state index contributed by atoms with van der Waals surface area (Å²) in [4.78, 5) is 12.6. The number of halogens is 1. The van der Waals surface area contributed by atoms with Crippen LogP contribution in [0.1, 0.15) is 15.9 Å². The molecule has 0 aliphatic heterocycles. The van der Waals surface area contributed by atoms with Gasteiger partial charge in [-0.25, -0.2) is 8.42 Å². The molecule has 1 N–H and O–H groups in total. The first-order valence-corrected chi connectivity index (χ1v) is 11.4. The van der Waals surface area contributed by atoms with Crippen molar-refractivity contribution in [1.29, 1.82) is 0 Å². The van der Waals surface area contributed by atoms with Crippen molar-refractivity contribution >= 4 is 33.2 Å². The van der Waals surface area contributed by atoms with Crippen LogP contribution in [0.5, 0.6) is 5.75 Å². The molecule has 0 saturated carbocycles. The summed E-state index contributed by atoms with van der Waals surface area (Å²) in [6.45, 7) is 0.420. The normalized spacial score (nSPS) is 11.1. The van der Waals surface area contributed by atoms with E-state index in [0.29, 0.717) is 29.4 Å². The Morgan fingerprint density at radius 3 is 2.35 bits per heavy atom. The Balaban J connectivity index is 1.70. The molecule has 6 nitrogen and oxygen atoms in total. The number of amides is 1. The Morgan fingerprint density at radius 1 is 1.03 bits per heavy atom. The van der Waals surface area contributed by atoms with E-state index in [2.05, 4.69) is 5.32 Å². The average molecular weight is 459 g/mol. The predicted octanol–water partition coefficient (Wildman–Crippen LogP) is 4.15. The summed E-state index contributed by atoms with van der Waals surface area (Å²) in [7, 11) is -0.824. The van der Waals surface area contributed by atoms with Crippen LogP contribution in [0.3, 0.4) is 0 Å². The number of hydrogen-bond acceptors (Lipinski definition) is 4. The maximum Gasteiger partial charge on any atom is 0.264 e. The van der Waals surface area contributed by atoms with E-state index >= 15 is 0 Å². The van der Waals surface area contributed by atoms with E-state index in [1.807, 2.05) is 12.1 Å². The molecule has 0 spiro atoms. The number of hydrogen-bond donors (Lipinski definition) is 1. The minimum Gasteiger partial charge on any atom is -0.497 e. The standard InChI is InChI=1S/C23H23ClN2O4S/c1-26(20-10-12-21(30-2)13-11-20)31(28,29)22-5-3-4-18(16-22)23(27)25-15-14-17-6-8-19(24)9-7-17/h3-13,16H,14-15H2,1-2H3,(H,25,27). The number of nitrogens with zero attached hydrogens (tertiary/aromatic N) is 1. The van der Waals surface area contributed by atoms with Crippen LogP contribution < -0.4 is 14.4 Å². The van der Waals surface area contributed by atoms with E-state index in [-0.39, 0.29) is 16.4 Å². The Bertz CT molecular complexity index is 1150. The molecule has 1 amide bonds. The molecule has 31 heavy (non-hydrogen) atoms. The quantitative estimate of drug-likeness (QED) is 0.550. The average Bonchev–Trinajstić information content (AvgIpc) is 2.80. The third-order valence-corrected chi connectivity index (χ3v) is 6.84. The zero-order chi connectivity index (χ0) is 22.4. The van der Waals surface area contributed by atoms with Gasteiger partial charge in [0.05, 0.1) is 17.7 Å². The van der Waals surface area contributed by atoms with Crippen LogP contribution in [0.4, 0.5) is 5.69 Å². The number of benzene rings is 3. The minimum atomic E-state index is -3.84. The van der Waals surface area contributed by atoms with Crippen molar-refractivity contribution in [3.05, 3.63) is 88.9 Å². The van der Waals surface area contributed by atoms with E-state index in [1.54, 1.807) is 55.6 Å². The van der Waals surface area contributed by atoms with Crippen molar-refractivity contribution in [2.45, 2.75) is 11.3 Å². The van der Waals surface area contributed by atoms with Crippen LogP contribution in [-0.4, -0.2) is 35.0 Å². The number of carbonyl (C=O) groups excluding carboxylic acids is 1. The summed E-state index contributed by atoms with van der Waals surface area (Å²) in [5.41, 5.74) is 1.81. The van der Waals surface area contributed by atoms with Gasteiger partial charge in [0.15, 0.2) is 0 Å². The second-order valence-corrected chi connectivity index (χ2v) is 9.24. The fraction of sp³-hybridized carbons (Fsp3) is 0.174. The van der Waals surface area contributed by atoms with Gasteiger partial charge in [-0.2, -0.15) is 0 Å². The van der Waals surface area contributed by atoms with Gasteiger partial charge >= 0.3 is 0 Å². The Kier molecular flexibility index (Phi) is 7.20. The summed E-state index contributed by atoms with van der Waals surface area (Å²) < 4.78 is 32.4. The number of rotatable bonds is 8. The maximum atomic E-state index is 13.0. The van der Waals surface area contributed by atoms with Crippen molar-refractivity contribution in [3.8, 4) is 5.75 Å². The van der Waals surface area contributed by atoms with Gasteiger partial charge in [0.25, 0.3) is 15.9 Å². The zero-order valence-corrected chi connectivity index (χ0v) is 18.8. The Labute approximate surface area is 187 Å². The predicted molar refractivity (Wildman–Crippen MR) is 123 cm³/mol. The van der Waals surface area contributed by atoms with Crippen molar-refractivity contribution in [2.75, 3.05) is 25.0 Å². The molecule has 0 unspecified atom stereocenters. The van der Waals surface area contributed by atoms with Gasteiger partial charge < -0.3 is 10.1 Å². The first-order valence-electron chi connectivity index (χ1n) is 9.57. The lowest BCUT2D eigenvalue weighted by Gasteiger charge is -2.20. The highest BCUT2D eigenvalue weighted by atomic mass is 35.5. The molecule has 8 heteroatoms. The van der Waals surface area contributed by atoms with E-state index in [1.165, 1.54) is 23.5 Å². The van der Waals surface area contributed by atoms with Gasteiger partial charge in [-0.15, -0.1) is 0 Å². The van der Waals surface area contributed by atoms with Crippen LogP contribution >= 0.6 is 11.6 Å². The molecule has 0 atom stereocenters. The fourth-order valence-electron chi connectivity index (χ4n) is 2.96. The first kappa shape index (κ1) is 22.7. The minimum absolute atomic E-state index is 0.0381. The van der Waals surface area contributed by atoms with Crippen molar-refractivity contribution < 1.29 is 17.9 Å². The van der Waals surface area contributed by atoms with Gasteiger partial charge in [0.2, 0.25) is 0 Å². The van der Waals surface area contributed by atoms with Gasteiger partial charge in [-0.3, -0.25) is 9.10 Å². The lowest BCUT2D eigenvalue weighted by molar-refractivity contribution is 0.0954. The monoisotopic (exact) mass is 458 g/mol. The highest BCUT2D eigenvalue weighted by Crippen LogP contribution is 2.24. The smallest absolute Gasteiger partial charge is 0.264 e. The second kappa shape index (κ2) is 9.85. The number of methoxy groups -OCH3 is 1. The van der Waals surface area contributed by atoms with E-state index in [0.717, 1.165) is 5.56 Å². The molecular weight excluding hydrogens is 436 g/mol. The molecule has 0 radical (unpaired) electrons. The number of nitrogens with one attached hydrogen (secondary N) is 1. The molecule has 3 rings (SSSR count). The highest BCUT2D eigenvalue weighted by Gasteiger charge is 2.22. The molecule has 0 bridgehead atoms. The van der Waals surface area contributed by atoms with E-state index in [9.17, 15) is 13.2 Å². The van der Waals surface area contributed by atoms with Crippen molar-refractivity contribution in [2.24, 2.45) is 0 Å². The largest absolute Gasteiger partial charge is 0.497 e. The molecule has 162 valence electrons. The molecule has 3 aromatic carbocycles. The number of sulfonamides is 1. The van der Waals surface area contributed by atoms with Gasteiger partial charge in [-0.05, 0) is 66.6 Å². The topological polar surface area (TPSA) is 75.7 Å². The van der Waals surface area contributed by atoms with Crippen molar-refractivity contribution in [1.82, 2.24) is 5.32 Å². The van der Waals surface area contributed by atoms with Crippen LogP contribution in [0, 0.1) is 0 Å². The number of anilines is 1. The third kappa shape index (κ3) is 5.57. The number of ether oxygens (including phenoxy) is 1. The Hall–Kier alpha value is -3.03. The second-order valence-electron chi connectivity index (χ2n) is 6.83. The van der Waals surface area contributed by atoms with Crippen molar-refractivity contribution in [3.63, 3.8) is 0 Å².